The summed E-state index contributed by atoms with van der Waals surface area (Å²) < 4.78 is 36.0. The second-order valence-corrected chi connectivity index (χ2v) is 6.08. The minimum atomic E-state index is -1.13. The predicted octanol–water partition coefficient (Wildman–Crippen LogP) is 1.21. The Balaban J connectivity index is 1.44. The van der Waals surface area contributed by atoms with E-state index in [9.17, 15) is 28.0 Å². The summed E-state index contributed by atoms with van der Waals surface area (Å²) in [4.78, 5) is 46.8. The molecule has 0 aromatic heterocycles. The molecule has 2 aromatic carbocycles. The average Bonchev–Trinajstić information content (AvgIpc) is 2.72. The van der Waals surface area contributed by atoms with Crippen molar-refractivity contribution in [2.45, 2.75) is 0 Å². The predicted molar refractivity (Wildman–Crippen MR) is 98.8 cm³/mol. The van der Waals surface area contributed by atoms with Gasteiger partial charge in [-0.1, -0.05) is 0 Å². The molecule has 0 atom stereocenters. The molecular weight excluding hydrogens is 404 g/mol. The van der Waals surface area contributed by atoms with Crippen LogP contribution in [0.3, 0.4) is 0 Å². The Kier molecular flexibility index (Phi) is 6.20. The van der Waals surface area contributed by atoms with E-state index in [1.807, 2.05) is 0 Å². The Morgan fingerprint density at radius 3 is 2.63 bits per heavy atom. The van der Waals surface area contributed by atoms with Crippen LogP contribution < -0.4 is 20.7 Å². The van der Waals surface area contributed by atoms with Crippen LogP contribution in [0.1, 0.15) is 10.4 Å². The monoisotopic (exact) mass is 419 g/mol. The fourth-order valence-electron chi connectivity index (χ4n) is 2.42. The van der Waals surface area contributed by atoms with Crippen LogP contribution in [0.2, 0.25) is 0 Å². The van der Waals surface area contributed by atoms with Gasteiger partial charge in [0.2, 0.25) is 5.91 Å². The maximum absolute atomic E-state index is 13.1. The lowest BCUT2D eigenvalue weighted by molar-refractivity contribution is -0.126. The zero-order chi connectivity index (χ0) is 21.7. The van der Waals surface area contributed by atoms with E-state index in [4.69, 9.17) is 9.47 Å². The lowest BCUT2D eigenvalue weighted by atomic mass is 10.1. The summed E-state index contributed by atoms with van der Waals surface area (Å²) in [5, 5.41) is 7.07. The highest BCUT2D eigenvalue weighted by molar-refractivity contribution is 5.98. The maximum atomic E-state index is 13.1. The number of fused-ring (bicyclic) bond motifs is 1. The molecule has 2 aromatic rings. The number of amides is 3. The van der Waals surface area contributed by atoms with Gasteiger partial charge in [-0.15, -0.1) is 0 Å². The molecule has 0 radical (unpaired) electrons. The highest BCUT2D eigenvalue weighted by atomic mass is 19.2. The van der Waals surface area contributed by atoms with E-state index < -0.39 is 42.6 Å². The molecule has 1 aliphatic rings. The number of benzene rings is 2. The van der Waals surface area contributed by atoms with Crippen molar-refractivity contribution in [1.29, 1.82) is 0 Å². The summed E-state index contributed by atoms with van der Waals surface area (Å²) >= 11 is 0. The molecule has 0 spiro atoms. The van der Waals surface area contributed by atoms with Crippen molar-refractivity contribution in [1.82, 2.24) is 5.32 Å². The van der Waals surface area contributed by atoms with Crippen LogP contribution in [-0.4, -0.2) is 43.4 Å². The van der Waals surface area contributed by atoms with E-state index in [0.29, 0.717) is 11.4 Å². The van der Waals surface area contributed by atoms with Gasteiger partial charge >= 0.3 is 5.97 Å². The van der Waals surface area contributed by atoms with Crippen molar-refractivity contribution in [2.24, 2.45) is 0 Å². The average molecular weight is 419 g/mol. The van der Waals surface area contributed by atoms with Gasteiger partial charge in [-0.3, -0.25) is 14.4 Å². The van der Waals surface area contributed by atoms with Gasteiger partial charge in [0.25, 0.3) is 11.8 Å². The van der Waals surface area contributed by atoms with Gasteiger partial charge in [0.15, 0.2) is 24.8 Å². The lowest BCUT2D eigenvalue weighted by Gasteiger charge is -2.18. The molecule has 0 aliphatic carbocycles. The molecular formula is C19H15F2N3O6. The summed E-state index contributed by atoms with van der Waals surface area (Å²) in [5.41, 5.74) is 0.534. The minimum absolute atomic E-state index is 0.0189. The molecule has 11 heteroatoms. The normalized spacial score (nSPS) is 12.1. The molecule has 3 amide bonds. The van der Waals surface area contributed by atoms with Crippen LogP contribution in [0.25, 0.3) is 0 Å². The summed E-state index contributed by atoms with van der Waals surface area (Å²) in [6.07, 6.45) is 0. The molecule has 3 rings (SSSR count). The summed E-state index contributed by atoms with van der Waals surface area (Å²) in [6.45, 7) is -1.30. The first-order valence-electron chi connectivity index (χ1n) is 8.57. The second-order valence-electron chi connectivity index (χ2n) is 6.08. The Labute approximate surface area is 168 Å². The number of halogens is 2. The van der Waals surface area contributed by atoms with Crippen LogP contribution in [0.5, 0.6) is 5.75 Å². The van der Waals surface area contributed by atoms with E-state index in [1.165, 1.54) is 18.2 Å². The van der Waals surface area contributed by atoms with Crippen molar-refractivity contribution in [3.8, 4) is 5.75 Å². The Bertz CT molecular complexity index is 1030. The van der Waals surface area contributed by atoms with Crippen molar-refractivity contribution < 1.29 is 37.4 Å². The van der Waals surface area contributed by atoms with Crippen LogP contribution in [0.4, 0.5) is 20.2 Å². The zero-order valence-corrected chi connectivity index (χ0v) is 15.3. The highest BCUT2D eigenvalue weighted by Crippen LogP contribution is 2.28. The van der Waals surface area contributed by atoms with Crippen molar-refractivity contribution in [3.63, 3.8) is 0 Å². The number of rotatable bonds is 6. The first kappa shape index (κ1) is 20.7. The molecule has 3 N–H and O–H groups in total. The van der Waals surface area contributed by atoms with E-state index in [-0.39, 0.29) is 23.8 Å². The van der Waals surface area contributed by atoms with Gasteiger partial charge in [-0.2, -0.15) is 0 Å². The third-order valence-electron chi connectivity index (χ3n) is 3.83. The number of hydrogen-bond donors (Lipinski definition) is 3. The third-order valence-corrected chi connectivity index (χ3v) is 3.83. The number of ether oxygens (including phenoxy) is 2. The molecule has 0 fully saturated rings. The Hall–Kier alpha value is -4.02. The SMILES string of the molecule is O=C(COC(=O)c1ccc2c(c1)OCC(=O)N2)NCC(=O)Nc1ccc(F)c(F)c1. The molecule has 0 bridgehead atoms. The van der Waals surface area contributed by atoms with Crippen LogP contribution in [0.15, 0.2) is 36.4 Å². The zero-order valence-electron chi connectivity index (χ0n) is 15.3. The van der Waals surface area contributed by atoms with Gasteiger partial charge in [0, 0.05) is 11.8 Å². The summed E-state index contributed by atoms with van der Waals surface area (Å²) in [7, 11) is 0. The van der Waals surface area contributed by atoms with E-state index in [0.717, 1.165) is 18.2 Å². The topological polar surface area (TPSA) is 123 Å². The number of nitrogens with one attached hydrogen (secondary N) is 3. The number of hydrogen-bond acceptors (Lipinski definition) is 6. The maximum Gasteiger partial charge on any atom is 0.338 e. The molecule has 30 heavy (non-hydrogen) atoms. The van der Waals surface area contributed by atoms with Crippen LogP contribution >= 0.6 is 0 Å². The van der Waals surface area contributed by atoms with E-state index >= 15 is 0 Å². The van der Waals surface area contributed by atoms with Crippen molar-refractivity contribution in [2.75, 3.05) is 30.4 Å². The number of esters is 1. The van der Waals surface area contributed by atoms with Gasteiger partial charge < -0.3 is 25.4 Å². The fourth-order valence-corrected chi connectivity index (χ4v) is 2.42. The smallest absolute Gasteiger partial charge is 0.338 e. The molecule has 0 saturated heterocycles. The van der Waals surface area contributed by atoms with Gasteiger partial charge in [-0.25, -0.2) is 13.6 Å². The van der Waals surface area contributed by atoms with E-state index in [2.05, 4.69) is 16.0 Å². The first-order chi connectivity index (χ1) is 14.3. The molecule has 1 heterocycles. The number of carbonyl (C=O) groups excluding carboxylic acids is 4. The van der Waals surface area contributed by atoms with Crippen molar-refractivity contribution in [3.05, 3.63) is 53.6 Å². The molecule has 0 saturated carbocycles. The third kappa shape index (κ3) is 5.28. The fraction of sp³-hybridized carbons (Fsp3) is 0.158. The van der Waals surface area contributed by atoms with Gasteiger partial charge in [-0.05, 0) is 30.3 Å². The van der Waals surface area contributed by atoms with E-state index in [1.54, 1.807) is 0 Å². The largest absolute Gasteiger partial charge is 0.482 e. The molecule has 1 aliphatic heterocycles. The minimum Gasteiger partial charge on any atom is -0.482 e. The molecule has 156 valence electrons. The molecule has 9 nitrogen and oxygen atoms in total. The first-order valence-corrected chi connectivity index (χ1v) is 8.57. The quantitative estimate of drug-likeness (QED) is 0.605. The summed E-state index contributed by atoms with van der Waals surface area (Å²) in [5.74, 6) is -4.44. The number of anilines is 2. The van der Waals surface area contributed by atoms with Gasteiger partial charge in [0.05, 0.1) is 17.8 Å². The Morgan fingerprint density at radius 1 is 1.07 bits per heavy atom. The standard InChI is InChI=1S/C19H15F2N3O6/c20-12-3-2-11(6-13(12)21)23-16(25)7-22-17(26)8-30-19(28)10-1-4-14-15(5-10)29-9-18(27)24-14/h1-6H,7-9H2,(H,22,26)(H,23,25)(H,24,27). The van der Waals surface area contributed by atoms with Crippen LogP contribution in [0, 0.1) is 11.6 Å². The van der Waals surface area contributed by atoms with Crippen LogP contribution in [-0.2, 0) is 19.1 Å². The van der Waals surface area contributed by atoms with Gasteiger partial charge in [0.1, 0.15) is 5.75 Å². The Morgan fingerprint density at radius 2 is 1.87 bits per heavy atom. The second kappa shape index (κ2) is 8.99. The summed E-state index contributed by atoms with van der Waals surface area (Å²) in [6, 6.07) is 7.03. The molecule has 0 unspecified atom stereocenters. The lowest BCUT2D eigenvalue weighted by Crippen LogP contribution is -2.35. The highest BCUT2D eigenvalue weighted by Gasteiger charge is 2.19. The number of carbonyl (C=O) groups is 4. The van der Waals surface area contributed by atoms with Crippen molar-refractivity contribution >= 4 is 35.1 Å².